The summed E-state index contributed by atoms with van der Waals surface area (Å²) in [6.45, 7) is 4.59. The van der Waals surface area contributed by atoms with Crippen molar-refractivity contribution in [3.63, 3.8) is 0 Å². The predicted molar refractivity (Wildman–Crippen MR) is 124 cm³/mol. The Balaban J connectivity index is 1.86. The van der Waals surface area contributed by atoms with Gasteiger partial charge in [0.25, 0.3) is 5.91 Å². The first-order chi connectivity index (χ1) is 16.2. The van der Waals surface area contributed by atoms with Crippen molar-refractivity contribution in [3.8, 4) is 17.2 Å². The van der Waals surface area contributed by atoms with Gasteiger partial charge in [-0.15, -0.1) is 0 Å². The van der Waals surface area contributed by atoms with Crippen molar-refractivity contribution in [2.75, 3.05) is 18.0 Å². The van der Waals surface area contributed by atoms with E-state index >= 15 is 0 Å². The van der Waals surface area contributed by atoms with Gasteiger partial charge in [-0.05, 0) is 50.1 Å². The molecule has 3 N–H and O–H groups in total. The van der Waals surface area contributed by atoms with Crippen LogP contribution in [0, 0.1) is 23.0 Å². The van der Waals surface area contributed by atoms with Crippen LogP contribution in [0.5, 0.6) is 0 Å². The van der Waals surface area contributed by atoms with Gasteiger partial charge in [0.05, 0.1) is 23.0 Å². The van der Waals surface area contributed by atoms with Crippen LogP contribution >= 0.6 is 0 Å². The molecule has 0 unspecified atom stereocenters. The van der Waals surface area contributed by atoms with E-state index in [1.165, 1.54) is 6.20 Å². The highest BCUT2D eigenvalue weighted by Crippen LogP contribution is 2.39. The summed E-state index contributed by atoms with van der Waals surface area (Å²) in [5.41, 5.74) is 7.30. The van der Waals surface area contributed by atoms with Crippen LogP contribution in [-0.4, -0.2) is 34.5 Å². The molecular formula is C25H24F2N6O. The molecule has 3 aromatic rings. The van der Waals surface area contributed by atoms with Crippen LogP contribution in [0.2, 0.25) is 0 Å². The van der Waals surface area contributed by atoms with Gasteiger partial charge in [-0.1, -0.05) is 6.07 Å². The van der Waals surface area contributed by atoms with Crippen molar-refractivity contribution in [1.29, 1.82) is 5.26 Å². The Hall–Kier alpha value is -3.90. The smallest absolute Gasteiger partial charge is 0.255 e. The van der Waals surface area contributed by atoms with Crippen LogP contribution in [0.4, 0.5) is 14.5 Å². The first-order valence-corrected chi connectivity index (χ1v) is 10.8. The fourth-order valence-electron chi connectivity index (χ4n) is 4.21. The molecule has 174 valence electrons. The molecule has 0 spiro atoms. The molecule has 1 aliphatic rings. The number of amides is 1. The summed E-state index contributed by atoms with van der Waals surface area (Å²) in [7, 11) is 0. The minimum Gasteiger partial charge on any atom is -0.368 e. The molecule has 1 fully saturated rings. The number of hydrogen-bond donors (Lipinski definition) is 2. The van der Waals surface area contributed by atoms with Gasteiger partial charge in [0.1, 0.15) is 23.4 Å². The maximum Gasteiger partial charge on any atom is 0.255 e. The van der Waals surface area contributed by atoms with Crippen molar-refractivity contribution >= 4 is 11.6 Å². The van der Waals surface area contributed by atoms with E-state index in [-0.39, 0.29) is 22.4 Å². The number of rotatable bonds is 5. The fraction of sp³-hybridized carbons (Fsp3) is 0.280. The summed E-state index contributed by atoms with van der Waals surface area (Å²) < 4.78 is 28.3. The molecule has 1 aromatic carbocycles. The Labute approximate surface area is 196 Å². The molecule has 0 aliphatic carbocycles. The number of carbonyl (C=O) groups is 1. The number of benzene rings is 1. The van der Waals surface area contributed by atoms with Gasteiger partial charge in [-0.3, -0.25) is 9.78 Å². The zero-order valence-electron chi connectivity index (χ0n) is 18.8. The van der Waals surface area contributed by atoms with Crippen molar-refractivity contribution in [1.82, 2.24) is 15.3 Å². The summed E-state index contributed by atoms with van der Waals surface area (Å²) in [6.07, 6.45) is 3.59. The Morgan fingerprint density at radius 1 is 1.26 bits per heavy atom. The highest BCUT2D eigenvalue weighted by molar-refractivity contribution is 6.04. The third-order valence-corrected chi connectivity index (χ3v) is 5.85. The third-order valence-electron chi connectivity index (χ3n) is 5.85. The number of anilines is 1. The molecule has 7 nitrogen and oxygen atoms in total. The average Bonchev–Trinajstić information content (AvgIpc) is 3.17. The van der Waals surface area contributed by atoms with E-state index in [4.69, 9.17) is 5.73 Å². The lowest BCUT2D eigenvalue weighted by molar-refractivity contribution is 0.0939. The first-order valence-electron chi connectivity index (χ1n) is 10.8. The molecule has 9 heteroatoms. The first kappa shape index (κ1) is 23.3. The summed E-state index contributed by atoms with van der Waals surface area (Å²) in [5, 5.41) is 12.7. The number of aromatic nitrogens is 2. The number of nitrogens with one attached hydrogen (secondary N) is 1. The van der Waals surface area contributed by atoms with Gasteiger partial charge < -0.3 is 16.0 Å². The fourth-order valence-corrected chi connectivity index (χ4v) is 4.21. The molecule has 4 rings (SSSR count). The van der Waals surface area contributed by atoms with E-state index in [9.17, 15) is 18.8 Å². The zero-order chi connectivity index (χ0) is 24.5. The number of halogens is 2. The minimum atomic E-state index is -0.798. The van der Waals surface area contributed by atoms with Gasteiger partial charge >= 0.3 is 0 Å². The largest absolute Gasteiger partial charge is 0.368 e. The van der Waals surface area contributed by atoms with E-state index in [2.05, 4.69) is 15.3 Å². The highest BCUT2D eigenvalue weighted by atomic mass is 19.1. The summed E-state index contributed by atoms with van der Waals surface area (Å²) in [5.74, 6) is -2.05. The van der Waals surface area contributed by atoms with E-state index in [1.54, 1.807) is 25.3 Å². The topological polar surface area (TPSA) is 108 Å². The van der Waals surface area contributed by atoms with Crippen molar-refractivity contribution in [2.24, 2.45) is 5.73 Å². The molecule has 0 radical (unpaired) electrons. The van der Waals surface area contributed by atoms with Gasteiger partial charge in [-0.25, -0.2) is 13.8 Å². The molecular weight excluding hydrogens is 438 g/mol. The molecule has 2 atom stereocenters. The van der Waals surface area contributed by atoms with Crippen LogP contribution in [0.1, 0.15) is 48.1 Å². The Bertz CT molecular complexity index is 1250. The van der Waals surface area contributed by atoms with Gasteiger partial charge in [0, 0.05) is 42.7 Å². The van der Waals surface area contributed by atoms with Crippen LogP contribution < -0.4 is 16.0 Å². The quantitative estimate of drug-likeness (QED) is 0.599. The Morgan fingerprint density at radius 2 is 2.00 bits per heavy atom. The monoisotopic (exact) mass is 462 g/mol. The molecule has 3 heterocycles. The Kier molecular flexibility index (Phi) is 6.26. The number of nitriles is 1. The number of pyridine rings is 2. The summed E-state index contributed by atoms with van der Waals surface area (Å²) in [6, 6.07) is 9.98. The van der Waals surface area contributed by atoms with Crippen LogP contribution in [0.25, 0.3) is 11.1 Å². The lowest BCUT2D eigenvalue weighted by atomic mass is 9.97. The van der Waals surface area contributed by atoms with E-state index in [0.29, 0.717) is 30.9 Å². The summed E-state index contributed by atoms with van der Waals surface area (Å²) >= 11 is 0. The van der Waals surface area contributed by atoms with Crippen LogP contribution in [0.15, 0.2) is 48.8 Å². The standard InChI is InChI=1S/C25H24F2N6O/c1-15(20-5-3-4-7-30-20)32-24(34)19-13-31-21(12-28)22(16-9-17(26)11-18(27)10-16)23(19)33-8-6-25(2,29)14-33/h3-5,7,9-11,13,15H,6,8,14,29H2,1-2H3,(H,32,34)/t15-,25-/m0/s1. The van der Waals surface area contributed by atoms with Crippen molar-refractivity contribution < 1.29 is 13.6 Å². The second kappa shape index (κ2) is 9.15. The second-order valence-corrected chi connectivity index (χ2v) is 8.79. The number of nitrogens with two attached hydrogens (primary N) is 1. The third kappa shape index (κ3) is 4.72. The lowest BCUT2D eigenvalue weighted by Gasteiger charge is -2.27. The van der Waals surface area contributed by atoms with E-state index in [0.717, 1.165) is 18.2 Å². The Morgan fingerprint density at radius 3 is 2.59 bits per heavy atom. The lowest BCUT2D eigenvalue weighted by Crippen LogP contribution is -2.40. The van der Waals surface area contributed by atoms with Crippen molar-refractivity contribution in [2.45, 2.75) is 31.8 Å². The number of nitrogens with zero attached hydrogens (tertiary/aromatic N) is 4. The molecule has 1 aliphatic heterocycles. The van der Waals surface area contributed by atoms with Gasteiger partial charge in [0.15, 0.2) is 0 Å². The zero-order valence-corrected chi connectivity index (χ0v) is 18.8. The van der Waals surface area contributed by atoms with Crippen LogP contribution in [-0.2, 0) is 0 Å². The molecule has 0 saturated carbocycles. The maximum atomic E-state index is 14.1. The number of carbonyl (C=O) groups excluding carboxylic acids is 1. The predicted octanol–water partition coefficient (Wildman–Crippen LogP) is 3.71. The minimum absolute atomic E-state index is 0.0417. The number of hydrogen-bond acceptors (Lipinski definition) is 6. The molecule has 0 bridgehead atoms. The molecule has 1 saturated heterocycles. The highest BCUT2D eigenvalue weighted by Gasteiger charge is 2.35. The average molecular weight is 463 g/mol. The van der Waals surface area contributed by atoms with Gasteiger partial charge in [-0.2, -0.15) is 5.26 Å². The van der Waals surface area contributed by atoms with E-state index < -0.39 is 29.1 Å². The molecule has 2 aromatic heterocycles. The molecule has 1 amide bonds. The van der Waals surface area contributed by atoms with E-state index in [1.807, 2.05) is 24.0 Å². The molecule has 34 heavy (non-hydrogen) atoms. The van der Waals surface area contributed by atoms with Crippen molar-refractivity contribution in [3.05, 3.63) is 77.4 Å². The second-order valence-electron chi connectivity index (χ2n) is 8.79. The normalized spacial score (nSPS) is 18.4. The maximum absolute atomic E-state index is 14.1. The summed E-state index contributed by atoms with van der Waals surface area (Å²) in [4.78, 5) is 23.7. The van der Waals surface area contributed by atoms with Gasteiger partial charge in [0.2, 0.25) is 0 Å². The SMILES string of the molecule is C[C@H](NC(=O)c1cnc(C#N)c(-c2cc(F)cc(F)c2)c1N1CC[C@](C)(N)C1)c1ccccn1. The van der Waals surface area contributed by atoms with Crippen LogP contribution in [0.3, 0.4) is 0 Å².